The summed E-state index contributed by atoms with van der Waals surface area (Å²) in [6.45, 7) is 4.05. The molecule has 1 unspecified atom stereocenters. The zero-order valence-corrected chi connectivity index (χ0v) is 16.0. The first-order chi connectivity index (χ1) is 10.5. The highest BCUT2D eigenvalue weighted by Crippen LogP contribution is 2.32. The van der Waals surface area contributed by atoms with E-state index in [2.05, 4.69) is 49.3 Å². The molecule has 0 bridgehead atoms. The number of aryl methyl sites for hydroxylation is 1. The quantitative estimate of drug-likeness (QED) is 0.693. The van der Waals surface area contributed by atoms with E-state index in [1.54, 1.807) is 0 Å². The third kappa shape index (κ3) is 4.56. The van der Waals surface area contributed by atoms with E-state index < -0.39 is 0 Å². The molecule has 1 aliphatic carbocycles. The minimum atomic E-state index is -0.233. The summed E-state index contributed by atoms with van der Waals surface area (Å²) < 4.78 is 7.39. The predicted octanol–water partition coefficient (Wildman–Crippen LogP) is 4.58. The summed E-state index contributed by atoms with van der Waals surface area (Å²) in [5.74, 6) is 0.964. The molecule has 1 aromatic carbocycles. The van der Waals surface area contributed by atoms with Gasteiger partial charge in [-0.2, -0.15) is 5.10 Å². The topological polar surface area (TPSA) is 50.7 Å². The highest BCUT2D eigenvalue weighted by Gasteiger charge is 2.21. The number of ether oxygens (including phenoxy) is 1. The van der Waals surface area contributed by atoms with Gasteiger partial charge in [-0.15, -0.1) is 0 Å². The van der Waals surface area contributed by atoms with Crippen molar-refractivity contribution in [2.75, 3.05) is 6.61 Å². The summed E-state index contributed by atoms with van der Waals surface area (Å²) in [7, 11) is 0. The average Bonchev–Trinajstić information content (AvgIpc) is 2.91. The molecule has 1 N–H and O–H groups in total. The Morgan fingerprint density at radius 3 is 2.91 bits per heavy atom. The summed E-state index contributed by atoms with van der Waals surface area (Å²) >= 11 is 6.86. The molecule has 22 heavy (non-hydrogen) atoms. The van der Waals surface area contributed by atoms with Gasteiger partial charge < -0.3 is 4.74 Å². The molecule has 0 spiro atoms. The number of benzene rings is 1. The SMILES string of the molecule is CCC1CCCC1=NNC(=O)COc1c(C)cc(Br)cc1Br. The molecule has 0 aliphatic heterocycles. The number of hydrogen-bond donors (Lipinski definition) is 1. The van der Waals surface area contributed by atoms with E-state index in [0.29, 0.717) is 11.7 Å². The van der Waals surface area contributed by atoms with Crippen LogP contribution in [0.25, 0.3) is 0 Å². The van der Waals surface area contributed by atoms with E-state index in [-0.39, 0.29) is 12.5 Å². The van der Waals surface area contributed by atoms with Crippen molar-refractivity contribution in [3.63, 3.8) is 0 Å². The largest absolute Gasteiger partial charge is 0.482 e. The van der Waals surface area contributed by atoms with Crippen LogP contribution in [-0.4, -0.2) is 18.2 Å². The van der Waals surface area contributed by atoms with Gasteiger partial charge in [0.25, 0.3) is 5.91 Å². The molecule has 0 radical (unpaired) electrons. The fourth-order valence-electron chi connectivity index (χ4n) is 2.66. The first-order valence-electron chi connectivity index (χ1n) is 7.45. The number of rotatable bonds is 5. The van der Waals surface area contributed by atoms with E-state index in [1.165, 1.54) is 6.42 Å². The van der Waals surface area contributed by atoms with E-state index in [4.69, 9.17) is 4.74 Å². The van der Waals surface area contributed by atoms with Crippen LogP contribution in [0.1, 0.15) is 38.2 Å². The average molecular weight is 432 g/mol. The Balaban J connectivity index is 1.90. The Labute approximate surface area is 148 Å². The normalized spacial score (nSPS) is 19.5. The van der Waals surface area contributed by atoms with Crippen molar-refractivity contribution in [1.82, 2.24) is 5.43 Å². The molecule has 120 valence electrons. The monoisotopic (exact) mass is 430 g/mol. The van der Waals surface area contributed by atoms with Crippen molar-refractivity contribution < 1.29 is 9.53 Å². The summed E-state index contributed by atoms with van der Waals surface area (Å²) in [4.78, 5) is 11.9. The van der Waals surface area contributed by atoms with Gasteiger partial charge in [0, 0.05) is 10.2 Å². The highest BCUT2D eigenvalue weighted by atomic mass is 79.9. The minimum absolute atomic E-state index is 0.0470. The Hall–Kier alpha value is -0.880. The predicted molar refractivity (Wildman–Crippen MR) is 95.3 cm³/mol. The number of hydrogen-bond acceptors (Lipinski definition) is 3. The van der Waals surface area contributed by atoms with Crippen LogP contribution in [0.15, 0.2) is 26.2 Å². The first-order valence-corrected chi connectivity index (χ1v) is 9.03. The Bertz CT molecular complexity index is 565. The number of nitrogens with one attached hydrogen (secondary N) is 1. The number of amides is 1. The van der Waals surface area contributed by atoms with Gasteiger partial charge in [0.2, 0.25) is 0 Å². The van der Waals surface area contributed by atoms with Crippen LogP contribution in [0.3, 0.4) is 0 Å². The lowest BCUT2D eigenvalue weighted by Crippen LogP contribution is -2.26. The Kier molecular flexibility index (Phi) is 6.44. The highest BCUT2D eigenvalue weighted by molar-refractivity contribution is 9.11. The number of hydrazone groups is 1. The van der Waals surface area contributed by atoms with Gasteiger partial charge in [-0.1, -0.05) is 22.9 Å². The van der Waals surface area contributed by atoms with Crippen molar-refractivity contribution in [2.24, 2.45) is 11.0 Å². The number of halogens is 2. The molecular formula is C16H20Br2N2O2. The Morgan fingerprint density at radius 1 is 1.45 bits per heavy atom. The molecule has 1 atom stereocenters. The smallest absolute Gasteiger partial charge is 0.277 e. The van der Waals surface area contributed by atoms with Crippen LogP contribution in [0.4, 0.5) is 0 Å². The first kappa shape index (κ1) is 17.5. The molecule has 1 amide bonds. The van der Waals surface area contributed by atoms with E-state index >= 15 is 0 Å². The third-order valence-electron chi connectivity index (χ3n) is 3.82. The summed E-state index contributed by atoms with van der Waals surface area (Å²) in [6.07, 6.45) is 4.40. The number of carbonyl (C=O) groups is 1. The van der Waals surface area contributed by atoms with Crippen LogP contribution in [-0.2, 0) is 4.79 Å². The second kappa shape index (κ2) is 8.11. The van der Waals surface area contributed by atoms with E-state index in [9.17, 15) is 4.79 Å². The van der Waals surface area contributed by atoms with Gasteiger partial charge in [0.05, 0.1) is 4.47 Å². The van der Waals surface area contributed by atoms with Crippen LogP contribution < -0.4 is 10.2 Å². The molecule has 1 aromatic rings. The van der Waals surface area contributed by atoms with Crippen LogP contribution in [0, 0.1) is 12.8 Å². The van der Waals surface area contributed by atoms with Gasteiger partial charge >= 0.3 is 0 Å². The van der Waals surface area contributed by atoms with E-state index in [0.717, 1.165) is 39.5 Å². The maximum atomic E-state index is 11.9. The zero-order chi connectivity index (χ0) is 16.1. The Morgan fingerprint density at radius 2 is 2.23 bits per heavy atom. The lowest BCUT2D eigenvalue weighted by atomic mass is 10.0. The summed E-state index contributed by atoms with van der Waals surface area (Å²) in [5, 5.41) is 4.26. The maximum absolute atomic E-state index is 11.9. The van der Waals surface area contributed by atoms with Crippen LogP contribution in [0.2, 0.25) is 0 Å². The summed E-state index contributed by atoms with van der Waals surface area (Å²) in [5.41, 5.74) is 4.68. The van der Waals surface area contributed by atoms with Gasteiger partial charge in [0.15, 0.2) is 6.61 Å². The maximum Gasteiger partial charge on any atom is 0.277 e. The lowest BCUT2D eigenvalue weighted by molar-refractivity contribution is -0.123. The van der Waals surface area contributed by atoms with Crippen LogP contribution in [0.5, 0.6) is 5.75 Å². The number of carbonyl (C=O) groups excluding carboxylic acids is 1. The minimum Gasteiger partial charge on any atom is -0.482 e. The van der Waals surface area contributed by atoms with Gasteiger partial charge in [-0.05, 0) is 72.2 Å². The zero-order valence-electron chi connectivity index (χ0n) is 12.8. The molecule has 6 heteroatoms. The fraction of sp³-hybridized carbons (Fsp3) is 0.500. The standard InChI is InChI=1S/C16H20Br2N2O2/c1-3-11-5-4-6-14(11)19-20-15(21)9-22-16-10(2)7-12(17)8-13(16)18/h7-8,11H,3-6,9H2,1-2H3,(H,20,21). The van der Waals surface area contributed by atoms with Crippen molar-refractivity contribution >= 4 is 43.5 Å². The van der Waals surface area contributed by atoms with E-state index in [1.807, 2.05) is 19.1 Å². The van der Waals surface area contributed by atoms with Crippen molar-refractivity contribution in [3.8, 4) is 5.75 Å². The van der Waals surface area contributed by atoms with Gasteiger partial charge in [-0.3, -0.25) is 4.79 Å². The molecule has 0 saturated heterocycles. The molecular weight excluding hydrogens is 412 g/mol. The number of nitrogens with zero attached hydrogens (tertiary/aromatic N) is 1. The molecule has 1 aliphatic rings. The fourth-order valence-corrected chi connectivity index (χ4v) is 4.22. The van der Waals surface area contributed by atoms with Gasteiger partial charge in [0.1, 0.15) is 5.75 Å². The second-order valence-corrected chi connectivity index (χ2v) is 7.23. The van der Waals surface area contributed by atoms with Crippen molar-refractivity contribution in [3.05, 3.63) is 26.6 Å². The molecule has 0 heterocycles. The molecule has 1 saturated carbocycles. The molecule has 1 fully saturated rings. The van der Waals surface area contributed by atoms with Gasteiger partial charge in [-0.25, -0.2) is 5.43 Å². The third-order valence-corrected chi connectivity index (χ3v) is 4.86. The second-order valence-electron chi connectivity index (χ2n) is 5.46. The molecule has 4 nitrogen and oxygen atoms in total. The van der Waals surface area contributed by atoms with Crippen molar-refractivity contribution in [1.29, 1.82) is 0 Å². The summed E-state index contributed by atoms with van der Waals surface area (Å²) in [6, 6.07) is 3.84. The molecule has 2 rings (SSSR count). The van der Waals surface area contributed by atoms with Crippen LogP contribution >= 0.6 is 31.9 Å². The molecule has 0 aromatic heterocycles. The van der Waals surface area contributed by atoms with Crippen molar-refractivity contribution in [2.45, 2.75) is 39.5 Å². The lowest BCUT2D eigenvalue weighted by Gasteiger charge is -2.11.